The Balaban J connectivity index is 2.18. The first-order chi connectivity index (χ1) is 7.95. The highest BCUT2D eigenvalue weighted by atomic mass is 32.2. The number of nitrogens with one attached hydrogen (secondary N) is 1. The molecule has 6 heteroatoms. The van der Waals surface area contributed by atoms with Crippen LogP contribution in [-0.4, -0.2) is 19.1 Å². The summed E-state index contributed by atoms with van der Waals surface area (Å²) in [5.74, 6) is 0. The van der Waals surface area contributed by atoms with Gasteiger partial charge in [-0.05, 0) is 31.9 Å². The molecular weight excluding hydrogens is 258 g/mol. The predicted octanol–water partition coefficient (Wildman–Crippen LogP) is 1.85. The third kappa shape index (κ3) is 2.88. The minimum absolute atomic E-state index is 0.114. The van der Waals surface area contributed by atoms with E-state index in [0.717, 1.165) is 37.0 Å². The van der Waals surface area contributed by atoms with E-state index in [4.69, 9.17) is 5.11 Å². The summed E-state index contributed by atoms with van der Waals surface area (Å²) in [5.41, 5.74) is -0.303. The SMILES string of the molecule is CC1(NS(=O)(=O)c2ccc(CO)s2)CCCC1. The van der Waals surface area contributed by atoms with Gasteiger partial charge in [0, 0.05) is 10.4 Å². The number of sulfonamides is 1. The molecule has 1 aliphatic carbocycles. The van der Waals surface area contributed by atoms with Crippen LogP contribution in [0.4, 0.5) is 0 Å². The maximum atomic E-state index is 12.1. The number of thiophene rings is 1. The molecule has 0 aromatic carbocycles. The second kappa shape index (κ2) is 4.68. The van der Waals surface area contributed by atoms with E-state index >= 15 is 0 Å². The van der Waals surface area contributed by atoms with Crippen LogP contribution in [0.1, 0.15) is 37.5 Å². The van der Waals surface area contributed by atoms with Crippen LogP contribution in [0.25, 0.3) is 0 Å². The van der Waals surface area contributed by atoms with Crippen molar-refractivity contribution in [1.29, 1.82) is 0 Å². The van der Waals surface area contributed by atoms with Crippen molar-refractivity contribution in [3.63, 3.8) is 0 Å². The van der Waals surface area contributed by atoms with E-state index in [9.17, 15) is 8.42 Å². The minimum Gasteiger partial charge on any atom is -0.391 e. The van der Waals surface area contributed by atoms with Crippen molar-refractivity contribution < 1.29 is 13.5 Å². The second-order valence-electron chi connectivity index (χ2n) is 4.75. The average Bonchev–Trinajstić information content (AvgIpc) is 2.85. The Kier molecular flexibility index (Phi) is 3.58. The topological polar surface area (TPSA) is 66.4 Å². The molecule has 0 unspecified atom stereocenters. The van der Waals surface area contributed by atoms with Crippen molar-refractivity contribution in [2.45, 2.75) is 49.0 Å². The smallest absolute Gasteiger partial charge is 0.250 e. The van der Waals surface area contributed by atoms with Crippen LogP contribution in [0.3, 0.4) is 0 Å². The molecule has 0 amide bonds. The predicted molar refractivity (Wildman–Crippen MR) is 67.4 cm³/mol. The van der Waals surface area contributed by atoms with Gasteiger partial charge >= 0.3 is 0 Å². The summed E-state index contributed by atoms with van der Waals surface area (Å²) in [6.07, 6.45) is 3.94. The van der Waals surface area contributed by atoms with Crippen LogP contribution in [0.15, 0.2) is 16.3 Å². The van der Waals surface area contributed by atoms with Crippen LogP contribution in [0.5, 0.6) is 0 Å². The molecule has 1 aliphatic rings. The molecule has 1 saturated carbocycles. The average molecular weight is 275 g/mol. The molecule has 0 radical (unpaired) electrons. The molecule has 96 valence electrons. The van der Waals surface area contributed by atoms with E-state index in [1.54, 1.807) is 12.1 Å². The molecule has 0 aliphatic heterocycles. The van der Waals surface area contributed by atoms with E-state index in [0.29, 0.717) is 4.88 Å². The zero-order valence-corrected chi connectivity index (χ0v) is 11.4. The molecule has 0 atom stereocenters. The Hall–Kier alpha value is -0.430. The highest BCUT2D eigenvalue weighted by molar-refractivity contribution is 7.91. The van der Waals surface area contributed by atoms with Gasteiger partial charge in [-0.15, -0.1) is 11.3 Å². The Labute approximate surface area is 106 Å². The summed E-state index contributed by atoms with van der Waals surface area (Å²) < 4.78 is 27.4. The van der Waals surface area contributed by atoms with E-state index < -0.39 is 10.0 Å². The lowest BCUT2D eigenvalue weighted by atomic mass is 10.0. The quantitative estimate of drug-likeness (QED) is 0.881. The summed E-state index contributed by atoms with van der Waals surface area (Å²) in [7, 11) is -3.43. The maximum absolute atomic E-state index is 12.1. The number of aliphatic hydroxyl groups is 1. The lowest BCUT2D eigenvalue weighted by Gasteiger charge is -2.24. The molecule has 1 fully saturated rings. The van der Waals surface area contributed by atoms with Gasteiger partial charge in [-0.1, -0.05) is 12.8 Å². The largest absolute Gasteiger partial charge is 0.391 e. The molecule has 0 bridgehead atoms. The zero-order valence-electron chi connectivity index (χ0n) is 9.77. The molecule has 2 rings (SSSR count). The Morgan fingerprint density at radius 3 is 2.59 bits per heavy atom. The van der Waals surface area contributed by atoms with E-state index in [1.807, 2.05) is 6.92 Å². The first-order valence-corrected chi connectivity index (χ1v) is 7.99. The van der Waals surface area contributed by atoms with Gasteiger partial charge in [-0.25, -0.2) is 13.1 Å². The Morgan fingerprint density at radius 1 is 1.41 bits per heavy atom. The molecule has 0 saturated heterocycles. The fourth-order valence-corrected chi connectivity index (χ4v) is 4.90. The van der Waals surface area contributed by atoms with Crippen LogP contribution in [-0.2, 0) is 16.6 Å². The van der Waals surface area contributed by atoms with E-state index in [-0.39, 0.29) is 16.4 Å². The Bertz CT molecular complexity index is 487. The molecule has 1 aromatic heterocycles. The molecular formula is C11H17NO3S2. The van der Waals surface area contributed by atoms with Crippen molar-refractivity contribution >= 4 is 21.4 Å². The summed E-state index contributed by atoms with van der Waals surface area (Å²) in [6, 6.07) is 3.20. The highest BCUT2D eigenvalue weighted by Crippen LogP contribution is 2.31. The van der Waals surface area contributed by atoms with Gasteiger partial charge in [-0.3, -0.25) is 0 Å². The summed E-state index contributed by atoms with van der Waals surface area (Å²) >= 11 is 1.12. The van der Waals surface area contributed by atoms with Crippen molar-refractivity contribution in [2.75, 3.05) is 0 Å². The van der Waals surface area contributed by atoms with Gasteiger partial charge in [0.05, 0.1) is 6.61 Å². The normalized spacial score (nSPS) is 19.6. The third-order valence-electron chi connectivity index (χ3n) is 3.15. The standard InChI is InChI=1S/C11H17NO3S2/c1-11(6-2-3-7-11)12-17(14,15)10-5-4-9(8-13)16-10/h4-5,12-13H,2-3,6-8H2,1H3. The fraction of sp³-hybridized carbons (Fsp3) is 0.636. The van der Waals surface area contributed by atoms with Crippen molar-refractivity contribution in [1.82, 2.24) is 4.72 Å². The number of aliphatic hydroxyl groups excluding tert-OH is 1. The Morgan fingerprint density at radius 2 is 2.06 bits per heavy atom. The maximum Gasteiger partial charge on any atom is 0.250 e. The van der Waals surface area contributed by atoms with E-state index in [2.05, 4.69) is 4.72 Å². The van der Waals surface area contributed by atoms with Gasteiger partial charge < -0.3 is 5.11 Å². The first kappa shape index (κ1) is 13.0. The van der Waals surface area contributed by atoms with Crippen LogP contribution >= 0.6 is 11.3 Å². The number of hydrogen-bond donors (Lipinski definition) is 2. The molecule has 1 aromatic rings. The number of rotatable bonds is 4. The monoisotopic (exact) mass is 275 g/mol. The first-order valence-electron chi connectivity index (χ1n) is 5.69. The molecule has 17 heavy (non-hydrogen) atoms. The third-order valence-corrected chi connectivity index (χ3v) is 6.35. The molecule has 2 N–H and O–H groups in total. The van der Waals surface area contributed by atoms with Gasteiger partial charge in [0.1, 0.15) is 4.21 Å². The van der Waals surface area contributed by atoms with Crippen LogP contribution in [0.2, 0.25) is 0 Å². The lowest BCUT2D eigenvalue weighted by molar-refractivity contribution is 0.285. The second-order valence-corrected chi connectivity index (χ2v) is 7.83. The van der Waals surface area contributed by atoms with Crippen LogP contribution in [0, 0.1) is 0 Å². The molecule has 0 spiro atoms. The van der Waals surface area contributed by atoms with Crippen molar-refractivity contribution in [3.8, 4) is 0 Å². The van der Waals surface area contributed by atoms with Gasteiger partial charge in [0.2, 0.25) is 0 Å². The fourth-order valence-electron chi connectivity index (χ4n) is 2.22. The molecule has 1 heterocycles. The number of hydrogen-bond acceptors (Lipinski definition) is 4. The zero-order chi connectivity index (χ0) is 12.5. The van der Waals surface area contributed by atoms with Crippen molar-refractivity contribution in [2.24, 2.45) is 0 Å². The van der Waals surface area contributed by atoms with Crippen LogP contribution < -0.4 is 4.72 Å². The summed E-state index contributed by atoms with van der Waals surface area (Å²) in [6.45, 7) is 1.84. The summed E-state index contributed by atoms with van der Waals surface area (Å²) in [5, 5.41) is 8.95. The van der Waals surface area contributed by atoms with E-state index in [1.165, 1.54) is 0 Å². The minimum atomic E-state index is -3.43. The molecule has 4 nitrogen and oxygen atoms in total. The van der Waals surface area contributed by atoms with Gasteiger partial charge in [0.15, 0.2) is 0 Å². The highest BCUT2D eigenvalue weighted by Gasteiger charge is 2.33. The van der Waals surface area contributed by atoms with Gasteiger partial charge in [0.25, 0.3) is 10.0 Å². The summed E-state index contributed by atoms with van der Waals surface area (Å²) in [4.78, 5) is 0.668. The lowest BCUT2D eigenvalue weighted by Crippen LogP contribution is -2.43. The van der Waals surface area contributed by atoms with Gasteiger partial charge in [-0.2, -0.15) is 0 Å². The van der Waals surface area contributed by atoms with Crippen molar-refractivity contribution in [3.05, 3.63) is 17.0 Å².